The molecular weight excluding hydrogens is 254 g/mol. The first kappa shape index (κ1) is 14.2. The largest absolute Gasteiger partial charge is 0.325 e. The topological polar surface area (TPSA) is 63.2 Å². The summed E-state index contributed by atoms with van der Waals surface area (Å²) in [5.41, 5.74) is 1.39. The van der Waals surface area contributed by atoms with Crippen LogP contribution in [0.3, 0.4) is 0 Å². The van der Waals surface area contributed by atoms with Crippen LogP contribution in [-0.2, 0) is 9.59 Å². The van der Waals surface area contributed by atoms with Crippen LogP contribution >= 0.6 is 0 Å². The molecule has 0 bridgehead atoms. The Morgan fingerprint density at radius 3 is 2.50 bits per heavy atom. The number of hydrogen-bond donors (Lipinski definition) is 1. The van der Waals surface area contributed by atoms with Gasteiger partial charge in [0.15, 0.2) is 0 Å². The van der Waals surface area contributed by atoms with Crippen molar-refractivity contribution in [2.24, 2.45) is 0 Å². The number of carbonyl (C=O) groups is 3. The van der Waals surface area contributed by atoms with Crippen molar-refractivity contribution in [3.8, 4) is 0 Å². The molecule has 2 rings (SSSR count). The second-order valence-corrected chi connectivity index (χ2v) is 4.80. The summed E-state index contributed by atoms with van der Waals surface area (Å²) >= 11 is 0. The van der Waals surface area contributed by atoms with Gasteiger partial charge >= 0.3 is 0 Å². The number of hydrogen-bond acceptors (Lipinski definition) is 3. The third-order valence-electron chi connectivity index (χ3n) is 3.24. The van der Waals surface area contributed by atoms with E-state index in [9.17, 15) is 14.4 Å². The standard InChI is InChI=1S/C16H17NO3/c1-2-3-4-9-15(19)17-13-10-14(18)16(20)12-8-6-5-7-11(12)13/h5-8,10H,2-4,9H2,1H3,(H,17,19). The Morgan fingerprint density at radius 1 is 1.10 bits per heavy atom. The minimum Gasteiger partial charge on any atom is -0.325 e. The average molecular weight is 271 g/mol. The molecule has 1 aliphatic carbocycles. The van der Waals surface area contributed by atoms with Crippen LogP contribution in [0.25, 0.3) is 5.70 Å². The van der Waals surface area contributed by atoms with Gasteiger partial charge in [-0.25, -0.2) is 0 Å². The molecule has 20 heavy (non-hydrogen) atoms. The number of nitrogens with one attached hydrogen (secondary N) is 1. The summed E-state index contributed by atoms with van der Waals surface area (Å²) in [6.45, 7) is 2.07. The van der Waals surface area contributed by atoms with Gasteiger partial charge in [-0.15, -0.1) is 0 Å². The highest BCUT2D eigenvalue weighted by Gasteiger charge is 2.25. The number of benzene rings is 1. The molecule has 0 aliphatic heterocycles. The van der Waals surface area contributed by atoms with E-state index >= 15 is 0 Å². The van der Waals surface area contributed by atoms with Crippen LogP contribution in [0.5, 0.6) is 0 Å². The molecule has 0 atom stereocenters. The van der Waals surface area contributed by atoms with Crippen LogP contribution in [0.1, 0.15) is 48.5 Å². The van der Waals surface area contributed by atoms with Crippen LogP contribution in [-0.4, -0.2) is 17.5 Å². The number of amides is 1. The molecule has 4 heteroatoms. The Kier molecular flexibility index (Phi) is 4.45. The van der Waals surface area contributed by atoms with E-state index in [1.54, 1.807) is 24.3 Å². The van der Waals surface area contributed by atoms with Crippen molar-refractivity contribution in [3.05, 3.63) is 41.5 Å². The maximum absolute atomic E-state index is 11.8. The van der Waals surface area contributed by atoms with Crippen molar-refractivity contribution in [1.82, 2.24) is 5.32 Å². The molecule has 0 saturated carbocycles. The van der Waals surface area contributed by atoms with Crippen LogP contribution in [0.15, 0.2) is 30.3 Å². The minimum atomic E-state index is -0.590. The fraction of sp³-hybridized carbons (Fsp3) is 0.312. The zero-order valence-electron chi connectivity index (χ0n) is 11.4. The predicted molar refractivity (Wildman–Crippen MR) is 76.0 cm³/mol. The van der Waals surface area contributed by atoms with Crippen LogP contribution in [0.4, 0.5) is 0 Å². The molecular formula is C16H17NO3. The van der Waals surface area contributed by atoms with Gasteiger partial charge in [-0.05, 0) is 6.42 Å². The second kappa shape index (κ2) is 6.28. The molecule has 0 spiro atoms. The van der Waals surface area contributed by atoms with E-state index in [0.717, 1.165) is 19.3 Å². The molecule has 1 N–H and O–H groups in total. The SMILES string of the molecule is CCCCCC(=O)NC1=CC(=O)C(=O)c2ccccc21. The highest BCUT2D eigenvalue weighted by molar-refractivity contribution is 6.50. The van der Waals surface area contributed by atoms with Gasteiger partial charge in [0.2, 0.25) is 17.5 Å². The van der Waals surface area contributed by atoms with E-state index in [4.69, 9.17) is 0 Å². The number of rotatable bonds is 5. The normalized spacial score (nSPS) is 13.8. The Bertz CT molecular complexity index is 587. The third kappa shape index (κ3) is 3.02. The van der Waals surface area contributed by atoms with E-state index in [-0.39, 0.29) is 5.91 Å². The summed E-state index contributed by atoms with van der Waals surface area (Å²) < 4.78 is 0. The third-order valence-corrected chi connectivity index (χ3v) is 3.24. The number of ketones is 2. The fourth-order valence-corrected chi connectivity index (χ4v) is 2.17. The summed E-state index contributed by atoms with van der Waals surface area (Å²) in [5, 5.41) is 2.73. The number of carbonyl (C=O) groups excluding carboxylic acids is 3. The first-order valence-electron chi connectivity index (χ1n) is 6.83. The summed E-state index contributed by atoms with van der Waals surface area (Å²) in [7, 11) is 0. The Balaban J connectivity index is 2.15. The summed E-state index contributed by atoms with van der Waals surface area (Å²) in [6, 6.07) is 6.82. The van der Waals surface area contributed by atoms with Crippen molar-refractivity contribution in [2.45, 2.75) is 32.6 Å². The molecule has 1 aliphatic rings. The van der Waals surface area contributed by atoms with E-state index in [1.165, 1.54) is 6.08 Å². The quantitative estimate of drug-likeness (QED) is 0.661. The van der Waals surface area contributed by atoms with Gasteiger partial charge in [-0.2, -0.15) is 0 Å². The second-order valence-electron chi connectivity index (χ2n) is 4.80. The Hall–Kier alpha value is -2.23. The van der Waals surface area contributed by atoms with Crippen LogP contribution in [0.2, 0.25) is 0 Å². The molecule has 1 amide bonds. The molecule has 0 radical (unpaired) electrons. The van der Waals surface area contributed by atoms with Crippen molar-refractivity contribution in [2.75, 3.05) is 0 Å². The molecule has 104 valence electrons. The van der Waals surface area contributed by atoms with Crippen molar-refractivity contribution in [3.63, 3.8) is 0 Å². The van der Waals surface area contributed by atoms with Crippen molar-refractivity contribution < 1.29 is 14.4 Å². The maximum atomic E-state index is 11.8. The summed E-state index contributed by atoms with van der Waals surface area (Å²) in [4.78, 5) is 35.2. The minimum absolute atomic E-state index is 0.123. The van der Waals surface area contributed by atoms with Gasteiger partial charge in [0, 0.05) is 23.6 Å². The highest BCUT2D eigenvalue weighted by atomic mass is 16.2. The molecule has 1 aromatic carbocycles. The van der Waals surface area contributed by atoms with E-state index in [1.807, 2.05) is 0 Å². The number of fused-ring (bicyclic) bond motifs is 1. The van der Waals surface area contributed by atoms with Gasteiger partial charge in [-0.3, -0.25) is 14.4 Å². The van der Waals surface area contributed by atoms with Crippen LogP contribution < -0.4 is 5.32 Å². The van der Waals surface area contributed by atoms with E-state index in [2.05, 4.69) is 12.2 Å². The highest BCUT2D eigenvalue weighted by Crippen LogP contribution is 2.23. The molecule has 4 nitrogen and oxygen atoms in total. The lowest BCUT2D eigenvalue weighted by Gasteiger charge is -2.16. The van der Waals surface area contributed by atoms with Gasteiger partial charge in [0.1, 0.15) is 0 Å². The van der Waals surface area contributed by atoms with Gasteiger partial charge in [0.25, 0.3) is 0 Å². The fourth-order valence-electron chi connectivity index (χ4n) is 2.17. The number of allylic oxidation sites excluding steroid dienone is 1. The van der Waals surface area contributed by atoms with E-state index < -0.39 is 11.6 Å². The molecule has 0 unspecified atom stereocenters. The summed E-state index contributed by atoms with van der Waals surface area (Å²) in [6.07, 6.45) is 4.51. The van der Waals surface area contributed by atoms with Gasteiger partial charge in [-0.1, -0.05) is 44.0 Å². The Morgan fingerprint density at radius 2 is 1.80 bits per heavy atom. The zero-order valence-corrected chi connectivity index (χ0v) is 11.4. The zero-order chi connectivity index (χ0) is 14.5. The molecule has 0 heterocycles. The smallest absolute Gasteiger partial charge is 0.233 e. The molecule has 0 fully saturated rings. The molecule has 0 saturated heterocycles. The predicted octanol–water partition coefficient (Wildman–Crippen LogP) is 2.49. The van der Waals surface area contributed by atoms with Crippen molar-refractivity contribution >= 4 is 23.2 Å². The van der Waals surface area contributed by atoms with Gasteiger partial charge in [0.05, 0.1) is 5.70 Å². The van der Waals surface area contributed by atoms with E-state index in [0.29, 0.717) is 23.2 Å². The monoisotopic (exact) mass is 271 g/mol. The maximum Gasteiger partial charge on any atom is 0.233 e. The lowest BCUT2D eigenvalue weighted by atomic mass is 9.93. The van der Waals surface area contributed by atoms with Gasteiger partial charge < -0.3 is 5.32 Å². The lowest BCUT2D eigenvalue weighted by Crippen LogP contribution is -2.28. The lowest BCUT2D eigenvalue weighted by molar-refractivity contribution is -0.120. The molecule has 0 aromatic heterocycles. The molecule has 1 aromatic rings. The number of unbranched alkanes of at least 4 members (excludes halogenated alkanes) is 2. The van der Waals surface area contributed by atoms with Crippen LogP contribution in [0, 0.1) is 0 Å². The first-order chi connectivity index (χ1) is 9.63. The first-order valence-corrected chi connectivity index (χ1v) is 6.83. The summed E-state index contributed by atoms with van der Waals surface area (Å²) in [5.74, 6) is -1.24. The van der Waals surface area contributed by atoms with Crippen molar-refractivity contribution in [1.29, 1.82) is 0 Å². The average Bonchev–Trinajstić information content (AvgIpc) is 2.45. The number of Topliss-reactive ketones (excluding diaryl/α,β-unsaturated/α-hetero) is 1. The Labute approximate surface area is 117 Å².